The molecule has 0 bridgehead atoms. The number of hydrogen-bond donors (Lipinski definition) is 1. The van der Waals surface area contributed by atoms with E-state index >= 15 is 0 Å². The summed E-state index contributed by atoms with van der Waals surface area (Å²) in [5, 5.41) is 2.72. The van der Waals surface area contributed by atoms with Crippen LogP contribution in [0.3, 0.4) is 0 Å². The maximum atomic E-state index is 12.6. The highest BCUT2D eigenvalue weighted by Crippen LogP contribution is 2.26. The number of ether oxygens (including phenoxy) is 2. The molecular weight excluding hydrogens is 342 g/mol. The van der Waals surface area contributed by atoms with Crippen LogP contribution in [-0.2, 0) is 17.6 Å². The van der Waals surface area contributed by atoms with Crippen LogP contribution in [0.15, 0.2) is 48.6 Å². The molecule has 2 aromatic rings. The molecule has 3 rings (SSSR count). The zero-order valence-electron chi connectivity index (χ0n) is 15.6. The number of rotatable bonds is 6. The molecule has 1 N–H and O–H groups in total. The van der Waals surface area contributed by atoms with E-state index in [1.54, 1.807) is 32.4 Å². The highest BCUT2D eigenvalue weighted by Gasteiger charge is 2.16. The number of allylic oxidation sites excluding steroid dienone is 1. The summed E-state index contributed by atoms with van der Waals surface area (Å²) in [6.07, 6.45) is 6.78. The van der Waals surface area contributed by atoms with Crippen LogP contribution in [0.2, 0.25) is 0 Å². The molecule has 2 aromatic carbocycles. The van der Waals surface area contributed by atoms with Gasteiger partial charge in [-0.15, -0.1) is 0 Å². The number of fused-ring (bicyclic) bond motifs is 1. The first kappa shape index (κ1) is 18.7. The van der Waals surface area contributed by atoms with Crippen LogP contribution >= 0.6 is 0 Å². The molecular formula is C22H23NO4. The van der Waals surface area contributed by atoms with Gasteiger partial charge in [-0.25, -0.2) is 0 Å². The fourth-order valence-corrected chi connectivity index (χ4v) is 3.32. The second-order valence-corrected chi connectivity index (χ2v) is 6.44. The second kappa shape index (κ2) is 8.54. The minimum Gasteiger partial charge on any atom is -0.497 e. The first-order chi connectivity index (χ1) is 13.1. The number of carbonyl (C=O) groups is 2. The Kier molecular flexibility index (Phi) is 5.91. The highest BCUT2D eigenvalue weighted by molar-refractivity contribution is 6.10. The number of nitrogens with one attached hydrogen (secondary N) is 1. The molecule has 5 nitrogen and oxygen atoms in total. The van der Waals surface area contributed by atoms with E-state index in [4.69, 9.17) is 9.47 Å². The first-order valence-corrected chi connectivity index (χ1v) is 8.98. The van der Waals surface area contributed by atoms with Crippen molar-refractivity contribution in [2.45, 2.75) is 25.7 Å². The standard InChI is InChI=1S/C22H23NO4/c1-26-17-12-16(13-18(14-17)27-2)23-22(25)11-10-21(24)20-9-5-7-15-6-3-4-8-19(15)20/h5,7,9-14H,3-4,6,8H2,1-2H3,(H,23,25)/b11-10+. The number of carbonyl (C=O) groups excluding carboxylic acids is 2. The van der Waals surface area contributed by atoms with Crippen LogP contribution < -0.4 is 14.8 Å². The zero-order valence-corrected chi connectivity index (χ0v) is 15.6. The number of amides is 1. The molecule has 1 aliphatic carbocycles. The molecule has 140 valence electrons. The van der Waals surface area contributed by atoms with Crippen LogP contribution in [0.1, 0.15) is 34.3 Å². The quantitative estimate of drug-likeness (QED) is 0.622. The molecule has 0 radical (unpaired) electrons. The Morgan fingerprint density at radius 3 is 2.37 bits per heavy atom. The minimum atomic E-state index is -0.386. The fourth-order valence-electron chi connectivity index (χ4n) is 3.32. The summed E-state index contributed by atoms with van der Waals surface area (Å²) in [7, 11) is 3.08. The SMILES string of the molecule is COc1cc(NC(=O)/C=C/C(=O)c2cccc3c2CCCC3)cc(OC)c1. The van der Waals surface area contributed by atoms with E-state index in [9.17, 15) is 9.59 Å². The third kappa shape index (κ3) is 4.56. The van der Waals surface area contributed by atoms with Crippen molar-refractivity contribution in [3.05, 3.63) is 65.2 Å². The normalized spacial score (nSPS) is 13.1. The van der Waals surface area contributed by atoms with Gasteiger partial charge in [0.05, 0.1) is 14.2 Å². The largest absolute Gasteiger partial charge is 0.497 e. The summed E-state index contributed by atoms with van der Waals surface area (Å²) in [4.78, 5) is 24.8. The van der Waals surface area contributed by atoms with Crippen molar-refractivity contribution in [1.29, 1.82) is 0 Å². The summed E-state index contributed by atoms with van der Waals surface area (Å²) in [5.74, 6) is 0.608. The lowest BCUT2D eigenvalue weighted by molar-refractivity contribution is -0.111. The van der Waals surface area contributed by atoms with Crippen molar-refractivity contribution in [2.24, 2.45) is 0 Å². The zero-order chi connectivity index (χ0) is 19.2. The van der Waals surface area contributed by atoms with Gasteiger partial charge in [0, 0.05) is 35.5 Å². The lowest BCUT2D eigenvalue weighted by Gasteiger charge is -2.17. The highest BCUT2D eigenvalue weighted by atomic mass is 16.5. The van der Waals surface area contributed by atoms with Gasteiger partial charge in [-0.05, 0) is 42.9 Å². The molecule has 0 fully saturated rings. The number of hydrogen-bond acceptors (Lipinski definition) is 4. The molecule has 0 aliphatic heterocycles. The molecule has 27 heavy (non-hydrogen) atoms. The molecule has 0 saturated heterocycles. The Bertz CT molecular complexity index is 864. The van der Waals surface area contributed by atoms with Gasteiger partial charge in [0.15, 0.2) is 5.78 Å². The second-order valence-electron chi connectivity index (χ2n) is 6.44. The van der Waals surface area contributed by atoms with Crippen molar-refractivity contribution in [3.8, 4) is 11.5 Å². The maximum Gasteiger partial charge on any atom is 0.248 e. The van der Waals surface area contributed by atoms with E-state index in [0.29, 0.717) is 22.7 Å². The van der Waals surface area contributed by atoms with Crippen LogP contribution in [0.5, 0.6) is 11.5 Å². The van der Waals surface area contributed by atoms with Gasteiger partial charge in [-0.1, -0.05) is 18.2 Å². The van der Waals surface area contributed by atoms with E-state index < -0.39 is 0 Å². The topological polar surface area (TPSA) is 64.6 Å². The van der Waals surface area contributed by atoms with Gasteiger partial charge in [0.25, 0.3) is 0 Å². The van der Waals surface area contributed by atoms with Gasteiger partial charge in [0.1, 0.15) is 11.5 Å². The average Bonchev–Trinajstić information content (AvgIpc) is 2.71. The molecule has 1 amide bonds. The third-order valence-electron chi connectivity index (χ3n) is 4.67. The summed E-state index contributed by atoms with van der Waals surface area (Å²) in [6, 6.07) is 10.9. The van der Waals surface area contributed by atoms with Crippen LogP contribution in [0.25, 0.3) is 0 Å². The summed E-state index contributed by atoms with van der Waals surface area (Å²) in [5.41, 5.74) is 3.59. The molecule has 0 aromatic heterocycles. The molecule has 0 atom stereocenters. The van der Waals surface area contributed by atoms with Gasteiger partial charge in [-0.2, -0.15) is 0 Å². The predicted octanol–water partition coefficient (Wildman–Crippen LogP) is 3.96. The Morgan fingerprint density at radius 1 is 0.963 bits per heavy atom. The Hall–Kier alpha value is -3.08. The first-order valence-electron chi connectivity index (χ1n) is 8.98. The van der Waals surface area contributed by atoms with Crippen LogP contribution in [-0.4, -0.2) is 25.9 Å². The van der Waals surface area contributed by atoms with Gasteiger partial charge in [-0.3, -0.25) is 9.59 Å². The number of ketones is 1. The Labute approximate surface area is 159 Å². The van der Waals surface area contributed by atoms with Crippen molar-refractivity contribution in [3.63, 3.8) is 0 Å². The molecule has 0 unspecified atom stereocenters. The van der Waals surface area contributed by atoms with E-state index in [0.717, 1.165) is 31.2 Å². The van der Waals surface area contributed by atoms with Gasteiger partial charge in [0.2, 0.25) is 5.91 Å². The lowest BCUT2D eigenvalue weighted by Crippen LogP contribution is -2.11. The van der Waals surface area contributed by atoms with Gasteiger partial charge < -0.3 is 14.8 Å². The molecule has 5 heteroatoms. The predicted molar refractivity (Wildman–Crippen MR) is 105 cm³/mol. The molecule has 0 heterocycles. The third-order valence-corrected chi connectivity index (χ3v) is 4.67. The van der Waals surface area contributed by atoms with Crippen molar-refractivity contribution >= 4 is 17.4 Å². The summed E-state index contributed by atoms with van der Waals surface area (Å²) in [6.45, 7) is 0. The maximum absolute atomic E-state index is 12.6. The lowest BCUT2D eigenvalue weighted by atomic mass is 9.87. The average molecular weight is 365 g/mol. The van der Waals surface area contributed by atoms with E-state index in [1.165, 1.54) is 17.7 Å². The van der Waals surface area contributed by atoms with Crippen molar-refractivity contribution < 1.29 is 19.1 Å². The van der Waals surface area contributed by atoms with Crippen molar-refractivity contribution in [2.75, 3.05) is 19.5 Å². The summed E-state index contributed by atoms with van der Waals surface area (Å²) < 4.78 is 10.4. The van der Waals surface area contributed by atoms with E-state index in [2.05, 4.69) is 11.4 Å². The van der Waals surface area contributed by atoms with Gasteiger partial charge >= 0.3 is 0 Å². The monoisotopic (exact) mass is 365 g/mol. The van der Waals surface area contributed by atoms with Crippen molar-refractivity contribution in [1.82, 2.24) is 0 Å². The molecule has 0 saturated carbocycles. The molecule has 0 spiro atoms. The smallest absolute Gasteiger partial charge is 0.248 e. The number of aryl methyl sites for hydroxylation is 1. The van der Waals surface area contributed by atoms with E-state index in [-0.39, 0.29) is 11.7 Å². The Morgan fingerprint density at radius 2 is 1.67 bits per heavy atom. The van der Waals surface area contributed by atoms with E-state index in [1.807, 2.05) is 12.1 Å². The summed E-state index contributed by atoms with van der Waals surface area (Å²) >= 11 is 0. The Balaban J connectivity index is 1.71. The number of methoxy groups -OCH3 is 2. The number of anilines is 1. The van der Waals surface area contributed by atoms with Crippen LogP contribution in [0, 0.1) is 0 Å². The minimum absolute atomic E-state index is 0.146. The fraction of sp³-hybridized carbons (Fsp3) is 0.273. The van der Waals surface area contributed by atoms with Crippen LogP contribution in [0.4, 0.5) is 5.69 Å². The molecule has 1 aliphatic rings. The number of benzene rings is 2.